The molecule has 0 aliphatic carbocycles. The van der Waals surface area contributed by atoms with E-state index in [2.05, 4.69) is 16.7 Å². The molecule has 0 saturated heterocycles. The number of hydrogen-bond acceptors (Lipinski definition) is 5. The predicted octanol–water partition coefficient (Wildman–Crippen LogP) is 2.11. The number of imide groups is 1. The van der Waals surface area contributed by atoms with Gasteiger partial charge in [-0.3, -0.25) is 15.0 Å². The van der Waals surface area contributed by atoms with Gasteiger partial charge in [0.2, 0.25) is 5.91 Å². The monoisotopic (exact) mass is 321 g/mol. The van der Waals surface area contributed by atoms with Gasteiger partial charge in [0.1, 0.15) is 5.76 Å². The number of furan rings is 1. The van der Waals surface area contributed by atoms with Crippen molar-refractivity contribution in [1.29, 1.82) is 0 Å². The molecule has 0 saturated carbocycles. The molecule has 2 aromatic heterocycles. The Labute approximate surface area is 133 Å². The van der Waals surface area contributed by atoms with E-state index in [1.165, 1.54) is 16.7 Å². The number of carbonyl (C=O) groups excluding carboxylic acids is 2. The summed E-state index contributed by atoms with van der Waals surface area (Å²) in [6.45, 7) is 3.13. The highest BCUT2D eigenvalue weighted by atomic mass is 32.1. The van der Waals surface area contributed by atoms with E-state index in [1.54, 1.807) is 23.5 Å². The summed E-state index contributed by atoms with van der Waals surface area (Å²) in [6, 6.07) is 5.01. The topological polar surface area (TPSA) is 74.6 Å². The molecule has 0 fully saturated rings. The quantitative estimate of drug-likeness (QED) is 0.854. The van der Waals surface area contributed by atoms with Crippen LogP contribution in [0.4, 0.5) is 4.79 Å². The number of likely N-dealkylation sites (N-methyl/N-ethyl adjacent to an activating group) is 1. The first-order valence-electron chi connectivity index (χ1n) is 6.86. The molecule has 2 rings (SSSR count). The Morgan fingerprint density at radius 3 is 2.82 bits per heavy atom. The number of nitrogens with one attached hydrogen (secondary N) is 2. The summed E-state index contributed by atoms with van der Waals surface area (Å²) in [7, 11) is 1.85. The third-order valence-corrected chi connectivity index (χ3v) is 4.06. The summed E-state index contributed by atoms with van der Waals surface area (Å²) in [4.78, 5) is 26.5. The average Bonchev–Trinajstić information content (AvgIpc) is 3.09. The molecule has 22 heavy (non-hydrogen) atoms. The van der Waals surface area contributed by atoms with E-state index in [4.69, 9.17) is 4.42 Å². The smallest absolute Gasteiger partial charge is 0.321 e. The largest absolute Gasteiger partial charge is 0.467 e. The van der Waals surface area contributed by atoms with Gasteiger partial charge in [-0.1, -0.05) is 0 Å². The fourth-order valence-electron chi connectivity index (χ4n) is 1.90. The molecule has 0 radical (unpaired) electrons. The van der Waals surface area contributed by atoms with E-state index in [0.29, 0.717) is 12.3 Å². The van der Waals surface area contributed by atoms with Crippen molar-refractivity contribution in [2.24, 2.45) is 0 Å². The third-order valence-electron chi connectivity index (χ3n) is 3.05. The number of amides is 3. The number of rotatable bonds is 6. The fourth-order valence-corrected chi connectivity index (χ4v) is 2.89. The second kappa shape index (κ2) is 7.77. The van der Waals surface area contributed by atoms with Crippen molar-refractivity contribution in [3.8, 4) is 0 Å². The Balaban J connectivity index is 1.70. The molecule has 2 heterocycles. The highest BCUT2D eigenvalue weighted by molar-refractivity contribution is 7.10. The van der Waals surface area contributed by atoms with E-state index >= 15 is 0 Å². The summed E-state index contributed by atoms with van der Waals surface area (Å²) in [6.07, 6.45) is 1.53. The van der Waals surface area contributed by atoms with Crippen LogP contribution in [-0.2, 0) is 17.9 Å². The third kappa shape index (κ3) is 5.01. The summed E-state index contributed by atoms with van der Waals surface area (Å²) in [5, 5.41) is 6.89. The lowest BCUT2D eigenvalue weighted by Crippen LogP contribution is -2.43. The number of urea groups is 1. The molecule has 0 bridgehead atoms. The van der Waals surface area contributed by atoms with Crippen LogP contribution >= 0.6 is 11.3 Å². The van der Waals surface area contributed by atoms with Crippen molar-refractivity contribution >= 4 is 23.3 Å². The van der Waals surface area contributed by atoms with Gasteiger partial charge in [0, 0.05) is 11.4 Å². The van der Waals surface area contributed by atoms with Crippen LogP contribution in [0, 0.1) is 6.92 Å². The highest BCUT2D eigenvalue weighted by Gasteiger charge is 2.12. The predicted molar refractivity (Wildman–Crippen MR) is 84.5 cm³/mol. The van der Waals surface area contributed by atoms with E-state index in [9.17, 15) is 9.59 Å². The molecule has 0 atom stereocenters. The maximum Gasteiger partial charge on any atom is 0.321 e. The van der Waals surface area contributed by atoms with Crippen LogP contribution in [0.1, 0.15) is 16.2 Å². The molecule has 0 aliphatic rings. The van der Waals surface area contributed by atoms with Gasteiger partial charge in [0.05, 0.1) is 19.4 Å². The SMILES string of the molecule is Cc1ccsc1CN(C)CC(=O)NC(=O)NCc1ccco1. The molecule has 0 spiro atoms. The van der Waals surface area contributed by atoms with Gasteiger partial charge in [-0.25, -0.2) is 4.79 Å². The average molecular weight is 321 g/mol. The molecular weight excluding hydrogens is 302 g/mol. The molecule has 2 N–H and O–H groups in total. The molecule has 118 valence electrons. The number of nitrogens with zero attached hydrogens (tertiary/aromatic N) is 1. The molecule has 0 aliphatic heterocycles. The number of aryl methyl sites for hydroxylation is 1. The summed E-state index contributed by atoms with van der Waals surface area (Å²) >= 11 is 1.66. The minimum absolute atomic E-state index is 0.158. The van der Waals surface area contributed by atoms with Crippen LogP contribution in [0.2, 0.25) is 0 Å². The van der Waals surface area contributed by atoms with Gasteiger partial charge < -0.3 is 9.73 Å². The van der Waals surface area contributed by atoms with Gasteiger partial charge >= 0.3 is 6.03 Å². The van der Waals surface area contributed by atoms with Crippen molar-refractivity contribution < 1.29 is 14.0 Å². The lowest BCUT2D eigenvalue weighted by Gasteiger charge is -2.15. The van der Waals surface area contributed by atoms with Crippen LogP contribution in [0.5, 0.6) is 0 Å². The van der Waals surface area contributed by atoms with E-state index in [1.807, 2.05) is 24.3 Å². The number of hydrogen-bond donors (Lipinski definition) is 2. The highest BCUT2D eigenvalue weighted by Crippen LogP contribution is 2.16. The molecule has 7 heteroatoms. The molecule has 2 aromatic rings. The van der Waals surface area contributed by atoms with Crippen LogP contribution in [0.25, 0.3) is 0 Å². The lowest BCUT2D eigenvalue weighted by atomic mass is 10.3. The maximum absolute atomic E-state index is 11.8. The molecular formula is C15H19N3O3S. The Bertz CT molecular complexity index is 622. The van der Waals surface area contributed by atoms with Crippen LogP contribution in [0.15, 0.2) is 34.3 Å². The van der Waals surface area contributed by atoms with E-state index in [0.717, 1.165) is 0 Å². The minimum atomic E-state index is -0.526. The normalized spacial score (nSPS) is 10.7. The van der Waals surface area contributed by atoms with Crippen molar-refractivity contribution in [1.82, 2.24) is 15.5 Å². The lowest BCUT2D eigenvalue weighted by molar-refractivity contribution is -0.120. The summed E-state index contributed by atoms with van der Waals surface area (Å²) in [5.41, 5.74) is 1.22. The van der Waals surface area contributed by atoms with Crippen LogP contribution < -0.4 is 10.6 Å². The van der Waals surface area contributed by atoms with Crippen molar-refractivity contribution in [3.05, 3.63) is 46.0 Å². The number of carbonyl (C=O) groups is 2. The zero-order valence-electron chi connectivity index (χ0n) is 12.6. The summed E-state index contributed by atoms with van der Waals surface area (Å²) < 4.78 is 5.09. The van der Waals surface area contributed by atoms with Gasteiger partial charge in [-0.2, -0.15) is 0 Å². The van der Waals surface area contributed by atoms with E-state index < -0.39 is 6.03 Å². The first-order chi connectivity index (χ1) is 10.5. The molecule has 0 aromatic carbocycles. The zero-order chi connectivity index (χ0) is 15.9. The Morgan fingerprint density at radius 2 is 2.18 bits per heavy atom. The number of thiophene rings is 1. The zero-order valence-corrected chi connectivity index (χ0v) is 13.4. The fraction of sp³-hybridized carbons (Fsp3) is 0.333. The first kappa shape index (κ1) is 16.3. The van der Waals surface area contributed by atoms with Gasteiger partial charge in [0.15, 0.2) is 0 Å². The van der Waals surface area contributed by atoms with E-state index in [-0.39, 0.29) is 19.0 Å². The molecule has 6 nitrogen and oxygen atoms in total. The second-order valence-electron chi connectivity index (χ2n) is 5.01. The van der Waals surface area contributed by atoms with Crippen molar-refractivity contribution in [3.63, 3.8) is 0 Å². The van der Waals surface area contributed by atoms with Gasteiger partial charge in [-0.15, -0.1) is 11.3 Å². The Kier molecular flexibility index (Phi) is 5.74. The van der Waals surface area contributed by atoms with Gasteiger partial charge in [-0.05, 0) is 43.1 Å². The van der Waals surface area contributed by atoms with Gasteiger partial charge in [0.25, 0.3) is 0 Å². The summed E-state index contributed by atoms with van der Waals surface area (Å²) in [5.74, 6) is 0.293. The Hall–Kier alpha value is -2.12. The molecule has 3 amide bonds. The molecule has 0 unspecified atom stereocenters. The second-order valence-corrected chi connectivity index (χ2v) is 6.01. The standard InChI is InChI=1S/C15H19N3O3S/c1-11-5-7-22-13(11)9-18(2)10-14(19)17-15(20)16-8-12-4-3-6-21-12/h3-7H,8-10H2,1-2H3,(H2,16,17,19,20). The van der Waals surface area contributed by atoms with Crippen molar-refractivity contribution in [2.45, 2.75) is 20.0 Å². The first-order valence-corrected chi connectivity index (χ1v) is 7.74. The van der Waals surface area contributed by atoms with Crippen LogP contribution in [0.3, 0.4) is 0 Å². The maximum atomic E-state index is 11.8. The van der Waals surface area contributed by atoms with Crippen LogP contribution in [-0.4, -0.2) is 30.4 Å². The minimum Gasteiger partial charge on any atom is -0.467 e. The van der Waals surface area contributed by atoms with Crippen molar-refractivity contribution in [2.75, 3.05) is 13.6 Å². The Morgan fingerprint density at radius 1 is 1.36 bits per heavy atom.